The molecule has 0 radical (unpaired) electrons. The number of halogens is 4. The van der Waals surface area contributed by atoms with Gasteiger partial charge in [0.1, 0.15) is 5.82 Å². The van der Waals surface area contributed by atoms with Gasteiger partial charge < -0.3 is 0 Å². The van der Waals surface area contributed by atoms with Crippen LogP contribution in [-0.4, -0.2) is 6.18 Å². The van der Waals surface area contributed by atoms with Crippen molar-refractivity contribution in [2.45, 2.75) is 76.3 Å². The standard InChI is InChI=1S/C25H32F4/c1-2-3-4-18-5-7-19(8-6-18)20-9-11-21(12-10-20)23-14-13-22(24(26)17-23)15-16-25(27,28)29/h2,13-21H,1,3-12H2/b16-15+. The molecule has 2 aliphatic rings. The van der Waals surface area contributed by atoms with E-state index < -0.39 is 12.0 Å². The van der Waals surface area contributed by atoms with E-state index in [4.69, 9.17) is 0 Å². The minimum absolute atomic E-state index is 0.00650. The Hall–Kier alpha value is -1.58. The molecule has 4 heteroatoms. The SMILES string of the molecule is C=CCCC1CCC(C2CCC(c3ccc(/C=C/C(F)(F)F)c(F)c3)CC2)CC1. The third kappa shape index (κ3) is 6.45. The summed E-state index contributed by atoms with van der Waals surface area (Å²) in [7, 11) is 0. The predicted molar refractivity (Wildman–Crippen MR) is 111 cm³/mol. The zero-order valence-electron chi connectivity index (χ0n) is 17.1. The van der Waals surface area contributed by atoms with Crippen molar-refractivity contribution in [1.82, 2.24) is 0 Å². The maximum Gasteiger partial charge on any atom is 0.409 e. The van der Waals surface area contributed by atoms with Crippen molar-refractivity contribution in [3.63, 3.8) is 0 Å². The summed E-state index contributed by atoms with van der Waals surface area (Å²) < 4.78 is 51.1. The largest absolute Gasteiger partial charge is 0.409 e. The molecule has 1 aromatic rings. The Kier molecular flexibility index (Phi) is 7.59. The Morgan fingerprint density at radius 3 is 2.10 bits per heavy atom. The average Bonchev–Trinajstić information content (AvgIpc) is 2.71. The zero-order valence-corrected chi connectivity index (χ0v) is 17.1. The van der Waals surface area contributed by atoms with E-state index in [0.717, 1.165) is 48.7 Å². The normalized spacial score (nSPS) is 28.6. The fourth-order valence-corrected chi connectivity index (χ4v) is 5.34. The van der Waals surface area contributed by atoms with Crippen LogP contribution in [0.1, 0.15) is 81.3 Å². The molecule has 0 nitrogen and oxygen atoms in total. The van der Waals surface area contributed by atoms with Gasteiger partial charge in [-0.2, -0.15) is 13.2 Å². The van der Waals surface area contributed by atoms with Crippen LogP contribution in [0.15, 0.2) is 36.9 Å². The molecule has 0 unspecified atom stereocenters. The van der Waals surface area contributed by atoms with E-state index in [1.807, 2.05) is 6.08 Å². The third-order valence-electron chi connectivity index (χ3n) is 7.06. The first-order valence-electron chi connectivity index (χ1n) is 11.0. The van der Waals surface area contributed by atoms with Crippen molar-refractivity contribution in [2.24, 2.45) is 17.8 Å². The zero-order chi connectivity index (χ0) is 20.9. The lowest BCUT2D eigenvalue weighted by Gasteiger charge is -2.38. The Morgan fingerprint density at radius 2 is 1.55 bits per heavy atom. The molecular formula is C25H32F4. The summed E-state index contributed by atoms with van der Waals surface area (Å²) in [5, 5.41) is 0. The van der Waals surface area contributed by atoms with Gasteiger partial charge in [-0.25, -0.2) is 4.39 Å². The first-order valence-corrected chi connectivity index (χ1v) is 11.0. The third-order valence-corrected chi connectivity index (χ3v) is 7.06. The fourth-order valence-electron chi connectivity index (χ4n) is 5.34. The fraction of sp³-hybridized carbons (Fsp3) is 0.600. The minimum Gasteiger partial charge on any atom is -0.206 e. The molecule has 0 spiro atoms. The molecule has 2 saturated carbocycles. The molecule has 3 rings (SSSR count). The molecule has 0 saturated heterocycles. The molecule has 2 aliphatic carbocycles. The molecule has 0 amide bonds. The Labute approximate surface area is 172 Å². The maximum atomic E-state index is 14.2. The lowest BCUT2D eigenvalue weighted by Crippen LogP contribution is -2.25. The monoisotopic (exact) mass is 408 g/mol. The second-order valence-electron chi connectivity index (χ2n) is 8.91. The lowest BCUT2D eigenvalue weighted by molar-refractivity contribution is -0.0790. The highest BCUT2D eigenvalue weighted by Gasteiger charge is 2.31. The smallest absolute Gasteiger partial charge is 0.206 e. The number of alkyl halides is 3. The summed E-state index contributed by atoms with van der Waals surface area (Å²) in [6, 6.07) is 4.71. The lowest BCUT2D eigenvalue weighted by atomic mass is 9.68. The predicted octanol–water partition coefficient (Wildman–Crippen LogP) is 8.45. The molecule has 0 atom stereocenters. The molecule has 2 fully saturated rings. The van der Waals surface area contributed by atoms with Gasteiger partial charge in [-0.3, -0.25) is 0 Å². The molecule has 29 heavy (non-hydrogen) atoms. The van der Waals surface area contributed by atoms with Crippen LogP contribution < -0.4 is 0 Å². The molecule has 0 heterocycles. The molecule has 0 N–H and O–H groups in total. The van der Waals surface area contributed by atoms with E-state index >= 15 is 0 Å². The van der Waals surface area contributed by atoms with Gasteiger partial charge in [-0.1, -0.05) is 31.1 Å². The summed E-state index contributed by atoms with van der Waals surface area (Å²) in [6.45, 7) is 3.82. The van der Waals surface area contributed by atoms with Crippen molar-refractivity contribution >= 4 is 6.08 Å². The highest BCUT2D eigenvalue weighted by molar-refractivity contribution is 5.51. The van der Waals surface area contributed by atoms with Crippen molar-refractivity contribution in [1.29, 1.82) is 0 Å². The average molecular weight is 409 g/mol. The second kappa shape index (κ2) is 9.95. The Morgan fingerprint density at radius 1 is 0.931 bits per heavy atom. The quantitative estimate of drug-likeness (QED) is 0.327. The molecule has 0 aliphatic heterocycles. The minimum atomic E-state index is -4.42. The highest BCUT2D eigenvalue weighted by Crippen LogP contribution is 2.44. The summed E-state index contributed by atoms with van der Waals surface area (Å²) in [5.74, 6) is 2.25. The van der Waals surface area contributed by atoms with Gasteiger partial charge in [0.05, 0.1) is 0 Å². The number of rotatable bonds is 6. The van der Waals surface area contributed by atoms with Gasteiger partial charge in [0.15, 0.2) is 0 Å². The van der Waals surface area contributed by atoms with Crippen LogP contribution in [0.3, 0.4) is 0 Å². The van der Waals surface area contributed by atoms with Crippen LogP contribution in [0.25, 0.3) is 6.08 Å². The molecule has 1 aromatic carbocycles. The summed E-state index contributed by atoms with van der Waals surface area (Å²) in [5.41, 5.74) is 0.922. The molecule has 0 aromatic heterocycles. The van der Waals surface area contributed by atoms with Crippen LogP contribution in [-0.2, 0) is 0 Å². The van der Waals surface area contributed by atoms with E-state index in [-0.39, 0.29) is 11.6 Å². The highest BCUT2D eigenvalue weighted by atomic mass is 19.4. The van der Waals surface area contributed by atoms with Crippen molar-refractivity contribution in [3.8, 4) is 0 Å². The second-order valence-corrected chi connectivity index (χ2v) is 8.91. The first-order chi connectivity index (χ1) is 13.9. The number of benzene rings is 1. The molecular weight excluding hydrogens is 376 g/mol. The van der Waals surface area contributed by atoms with Crippen molar-refractivity contribution in [2.75, 3.05) is 0 Å². The van der Waals surface area contributed by atoms with E-state index in [1.165, 1.54) is 57.1 Å². The van der Waals surface area contributed by atoms with E-state index in [9.17, 15) is 17.6 Å². The van der Waals surface area contributed by atoms with E-state index in [0.29, 0.717) is 5.92 Å². The van der Waals surface area contributed by atoms with Crippen molar-refractivity contribution in [3.05, 3.63) is 53.9 Å². The van der Waals surface area contributed by atoms with Gasteiger partial charge in [0, 0.05) is 11.6 Å². The summed E-state index contributed by atoms with van der Waals surface area (Å²) >= 11 is 0. The number of hydrogen-bond acceptors (Lipinski definition) is 0. The van der Waals surface area contributed by atoms with E-state index in [2.05, 4.69) is 6.58 Å². The van der Waals surface area contributed by atoms with Crippen molar-refractivity contribution < 1.29 is 17.6 Å². The summed E-state index contributed by atoms with van der Waals surface area (Å²) in [6.07, 6.45) is 10.7. The topological polar surface area (TPSA) is 0 Å². The van der Waals surface area contributed by atoms with Crippen LogP contribution in [0.2, 0.25) is 0 Å². The van der Waals surface area contributed by atoms with Crippen LogP contribution in [0.5, 0.6) is 0 Å². The Bertz CT molecular complexity index is 687. The van der Waals surface area contributed by atoms with Crippen LogP contribution in [0, 0.1) is 23.6 Å². The number of allylic oxidation sites excluding steroid dienone is 2. The van der Waals surface area contributed by atoms with Gasteiger partial charge in [-0.15, -0.1) is 6.58 Å². The van der Waals surface area contributed by atoms with Gasteiger partial charge in [0.25, 0.3) is 0 Å². The number of hydrogen-bond donors (Lipinski definition) is 0. The van der Waals surface area contributed by atoms with E-state index in [1.54, 1.807) is 6.07 Å². The molecule has 160 valence electrons. The van der Waals surface area contributed by atoms with Gasteiger partial charge in [0.2, 0.25) is 0 Å². The van der Waals surface area contributed by atoms with Crippen LogP contribution >= 0.6 is 0 Å². The van der Waals surface area contributed by atoms with Gasteiger partial charge >= 0.3 is 6.18 Å². The van der Waals surface area contributed by atoms with Crippen LogP contribution in [0.4, 0.5) is 17.6 Å². The maximum absolute atomic E-state index is 14.2. The Balaban J connectivity index is 1.50. The summed E-state index contributed by atoms with van der Waals surface area (Å²) in [4.78, 5) is 0. The van der Waals surface area contributed by atoms with Gasteiger partial charge in [-0.05, 0) is 92.7 Å². The first kappa shape index (κ1) is 22.1. The molecule has 0 bridgehead atoms.